The van der Waals surface area contributed by atoms with E-state index >= 15 is 0 Å². The Bertz CT molecular complexity index is 1850. The number of fused-ring (bicyclic) bond motifs is 2. The van der Waals surface area contributed by atoms with Crippen molar-refractivity contribution >= 4 is 39.6 Å². The molecule has 1 aliphatic heterocycles. The van der Waals surface area contributed by atoms with Gasteiger partial charge in [-0.05, 0) is 48.0 Å². The molecule has 3 aromatic heterocycles. The van der Waals surface area contributed by atoms with E-state index in [0.717, 1.165) is 71.8 Å². The minimum atomic E-state index is -0.501. The van der Waals surface area contributed by atoms with Crippen molar-refractivity contribution in [2.45, 2.75) is 6.54 Å². The summed E-state index contributed by atoms with van der Waals surface area (Å²) in [5.74, 6) is 0.188. The smallest absolute Gasteiger partial charge is 0.274 e. The molecule has 1 fully saturated rings. The number of hydrogen-bond donors (Lipinski definition) is 4. The molecule has 0 aliphatic carbocycles. The minimum Gasteiger partial charge on any atom is -0.369 e. The molecule has 11 nitrogen and oxygen atoms in total. The number of anilines is 3. The molecule has 210 valence electrons. The van der Waals surface area contributed by atoms with Crippen molar-refractivity contribution in [1.82, 2.24) is 34.9 Å². The average Bonchev–Trinajstić information content (AvgIpc) is 3.71. The van der Waals surface area contributed by atoms with Gasteiger partial charge in [-0.15, -0.1) is 0 Å². The van der Waals surface area contributed by atoms with Crippen LogP contribution in [0.4, 0.5) is 17.2 Å². The van der Waals surface area contributed by atoms with Crippen molar-refractivity contribution < 1.29 is 10.0 Å². The van der Waals surface area contributed by atoms with Gasteiger partial charge >= 0.3 is 0 Å². The average molecular weight is 560 g/mol. The fourth-order valence-corrected chi connectivity index (χ4v) is 5.39. The summed E-state index contributed by atoms with van der Waals surface area (Å²) in [5.41, 5.74) is 8.91. The third-order valence-corrected chi connectivity index (χ3v) is 7.70. The maximum atomic E-state index is 11.5. The van der Waals surface area contributed by atoms with Crippen molar-refractivity contribution in [1.29, 1.82) is 0 Å². The van der Waals surface area contributed by atoms with Crippen molar-refractivity contribution in [3.8, 4) is 11.3 Å². The van der Waals surface area contributed by atoms with Crippen LogP contribution >= 0.6 is 0 Å². The zero-order chi connectivity index (χ0) is 28.5. The number of H-pyrrole nitrogens is 1. The first-order valence-electron chi connectivity index (χ1n) is 13.8. The third kappa shape index (κ3) is 5.14. The van der Waals surface area contributed by atoms with Gasteiger partial charge < -0.3 is 14.6 Å². The topological polar surface area (TPSA) is 127 Å². The molecule has 4 heterocycles. The number of nitrogens with zero attached hydrogens (tertiary/aromatic N) is 6. The van der Waals surface area contributed by atoms with Crippen LogP contribution in [0.3, 0.4) is 0 Å². The van der Waals surface area contributed by atoms with E-state index in [-0.39, 0.29) is 0 Å². The van der Waals surface area contributed by atoms with Crippen LogP contribution in [-0.4, -0.2) is 66.8 Å². The Hall–Kier alpha value is -5.26. The Morgan fingerprint density at radius 2 is 1.79 bits per heavy atom. The predicted molar refractivity (Wildman–Crippen MR) is 161 cm³/mol. The summed E-state index contributed by atoms with van der Waals surface area (Å²) in [6, 6.07) is 21.9. The van der Waals surface area contributed by atoms with Crippen LogP contribution in [0.25, 0.3) is 27.8 Å². The Labute approximate surface area is 241 Å². The highest BCUT2D eigenvalue weighted by molar-refractivity contribution is 5.93. The molecule has 0 unspecified atom stereocenters. The van der Waals surface area contributed by atoms with Gasteiger partial charge in [0.15, 0.2) is 11.5 Å². The molecule has 0 radical (unpaired) electrons. The van der Waals surface area contributed by atoms with E-state index in [1.807, 2.05) is 41.2 Å². The second kappa shape index (κ2) is 11.0. The van der Waals surface area contributed by atoms with Crippen LogP contribution in [0, 0.1) is 0 Å². The van der Waals surface area contributed by atoms with Gasteiger partial charge in [0.2, 0.25) is 0 Å². The zero-order valence-corrected chi connectivity index (χ0v) is 22.7. The quantitative estimate of drug-likeness (QED) is 0.167. The summed E-state index contributed by atoms with van der Waals surface area (Å²) in [6.45, 7) is 4.56. The first-order valence-corrected chi connectivity index (χ1v) is 13.8. The Kier molecular flexibility index (Phi) is 6.70. The lowest BCUT2D eigenvalue weighted by molar-refractivity contribution is 0.0706. The Balaban J connectivity index is 1.01. The molecule has 0 spiro atoms. The van der Waals surface area contributed by atoms with Gasteiger partial charge in [0, 0.05) is 79.2 Å². The number of aromatic amines is 1. The number of carbonyl (C=O) groups excluding carboxylic acids is 1. The van der Waals surface area contributed by atoms with Gasteiger partial charge in [-0.2, -0.15) is 5.10 Å². The number of imidazole rings is 1. The summed E-state index contributed by atoms with van der Waals surface area (Å²) in [6.07, 6.45) is 7.50. The molecule has 7 rings (SSSR count). The van der Waals surface area contributed by atoms with E-state index in [0.29, 0.717) is 11.4 Å². The molecule has 3 aromatic carbocycles. The van der Waals surface area contributed by atoms with Gasteiger partial charge in [-0.25, -0.2) is 15.4 Å². The second-order valence-corrected chi connectivity index (χ2v) is 10.4. The lowest BCUT2D eigenvalue weighted by Crippen LogP contribution is -2.45. The van der Waals surface area contributed by atoms with Crippen LogP contribution in [0.5, 0.6) is 0 Å². The van der Waals surface area contributed by atoms with E-state index < -0.39 is 5.91 Å². The first-order chi connectivity index (χ1) is 20.6. The molecule has 1 aliphatic rings. The van der Waals surface area contributed by atoms with E-state index in [1.165, 1.54) is 5.69 Å². The molecule has 0 saturated carbocycles. The number of rotatable bonds is 7. The molecular formula is C31H29N9O2. The lowest BCUT2D eigenvalue weighted by Gasteiger charge is -2.36. The van der Waals surface area contributed by atoms with Crippen LogP contribution in [-0.2, 0) is 6.54 Å². The Morgan fingerprint density at radius 1 is 0.976 bits per heavy atom. The molecule has 0 bridgehead atoms. The van der Waals surface area contributed by atoms with Crippen molar-refractivity contribution in [2.75, 3.05) is 36.4 Å². The highest BCUT2D eigenvalue weighted by Gasteiger charge is 2.18. The van der Waals surface area contributed by atoms with E-state index in [4.69, 9.17) is 10.2 Å². The maximum Gasteiger partial charge on any atom is 0.274 e. The number of piperazine rings is 1. The highest BCUT2D eigenvalue weighted by Crippen LogP contribution is 2.28. The molecule has 4 N–H and O–H groups in total. The fraction of sp³-hybridized carbons (Fsp3) is 0.161. The van der Waals surface area contributed by atoms with Crippen LogP contribution < -0.4 is 15.7 Å². The summed E-state index contributed by atoms with van der Waals surface area (Å²) in [5, 5.41) is 20.5. The maximum absolute atomic E-state index is 11.5. The third-order valence-electron chi connectivity index (χ3n) is 7.70. The zero-order valence-electron chi connectivity index (χ0n) is 22.7. The largest absolute Gasteiger partial charge is 0.369 e. The first kappa shape index (κ1) is 25.7. The number of amides is 1. The van der Waals surface area contributed by atoms with Gasteiger partial charge in [-0.3, -0.25) is 20.0 Å². The standard InChI is InChI=1S/C31H29N9O2/c41-31(37-42)22-3-1-21(2-4-22)19-38-13-15-39(16-14-38)26-9-7-25(8-10-26)34-29-30-32-11-12-40(30)20-28(35-29)23-5-6-24-18-33-36-27(24)17-23/h1-12,17-18,20,42H,13-16,19H2,(H,33,36)(H,34,35)(H,37,41). The molecule has 1 saturated heterocycles. The van der Waals surface area contributed by atoms with E-state index in [9.17, 15) is 4.79 Å². The van der Waals surface area contributed by atoms with Crippen molar-refractivity contribution in [3.63, 3.8) is 0 Å². The Morgan fingerprint density at radius 3 is 2.57 bits per heavy atom. The molecule has 6 aromatic rings. The minimum absolute atomic E-state index is 0.439. The van der Waals surface area contributed by atoms with Crippen LogP contribution in [0.2, 0.25) is 0 Å². The summed E-state index contributed by atoms with van der Waals surface area (Å²) in [4.78, 5) is 25.8. The SMILES string of the molecule is O=C(NO)c1ccc(CN2CCN(c3ccc(Nc4nc(-c5ccc6cn[nH]c6c5)cn5ccnc45)cc3)CC2)cc1. The molecule has 42 heavy (non-hydrogen) atoms. The highest BCUT2D eigenvalue weighted by atomic mass is 16.5. The number of aromatic nitrogens is 5. The van der Waals surface area contributed by atoms with Crippen molar-refractivity contribution in [3.05, 3.63) is 103 Å². The number of nitrogens with one attached hydrogen (secondary N) is 3. The summed E-state index contributed by atoms with van der Waals surface area (Å²) < 4.78 is 1.98. The van der Waals surface area contributed by atoms with Gasteiger partial charge in [-0.1, -0.05) is 24.3 Å². The van der Waals surface area contributed by atoms with Crippen molar-refractivity contribution in [2.24, 2.45) is 0 Å². The van der Waals surface area contributed by atoms with E-state index in [1.54, 1.807) is 23.8 Å². The van der Waals surface area contributed by atoms with E-state index in [2.05, 4.69) is 66.7 Å². The number of carbonyl (C=O) groups is 1. The predicted octanol–water partition coefficient (Wildman–Crippen LogP) is 4.46. The summed E-state index contributed by atoms with van der Waals surface area (Å²) in [7, 11) is 0. The molecule has 0 atom stereocenters. The fourth-order valence-electron chi connectivity index (χ4n) is 5.39. The number of benzene rings is 3. The molecule has 11 heteroatoms. The van der Waals surface area contributed by atoms with Gasteiger partial charge in [0.25, 0.3) is 5.91 Å². The molecular weight excluding hydrogens is 530 g/mol. The molecule has 1 amide bonds. The number of hydroxylamine groups is 1. The second-order valence-electron chi connectivity index (χ2n) is 10.4. The van der Waals surface area contributed by atoms with Crippen LogP contribution in [0.15, 0.2) is 91.5 Å². The van der Waals surface area contributed by atoms with Crippen LogP contribution in [0.1, 0.15) is 15.9 Å². The normalized spacial score (nSPS) is 14.0. The summed E-state index contributed by atoms with van der Waals surface area (Å²) >= 11 is 0. The van der Waals surface area contributed by atoms with Gasteiger partial charge in [0.05, 0.1) is 17.4 Å². The monoisotopic (exact) mass is 559 g/mol. The lowest BCUT2D eigenvalue weighted by atomic mass is 10.1. The number of hydrogen-bond acceptors (Lipinski definition) is 8. The van der Waals surface area contributed by atoms with Gasteiger partial charge in [0.1, 0.15) is 0 Å².